The summed E-state index contributed by atoms with van der Waals surface area (Å²) in [4.78, 5) is 26.1. The number of nitrogens with zero attached hydrogens (tertiary/aromatic N) is 1. The second-order valence-electron chi connectivity index (χ2n) is 2.75. The van der Waals surface area contributed by atoms with Gasteiger partial charge in [0.25, 0.3) is 5.24 Å². The highest BCUT2D eigenvalue weighted by Crippen LogP contribution is 2.09. The van der Waals surface area contributed by atoms with E-state index in [1.165, 1.54) is 12.3 Å². The summed E-state index contributed by atoms with van der Waals surface area (Å²) in [6.07, 6.45) is 1.46. The van der Waals surface area contributed by atoms with E-state index < -0.39 is 11.2 Å². The number of ether oxygens (including phenoxy) is 1. The van der Waals surface area contributed by atoms with Gasteiger partial charge >= 0.3 is 5.97 Å². The second-order valence-corrected chi connectivity index (χ2v) is 3.10. The van der Waals surface area contributed by atoms with Crippen molar-refractivity contribution < 1.29 is 14.3 Å². The van der Waals surface area contributed by atoms with Crippen LogP contribution in [0.5, 0.6) is 0 Å². The van der Waals surface area contributed by atoms with Crippen LogP contribution in [0.15, 0.2) is 18.3 Å². The topological polar surface area (TPSA) is 56.3 Å². The van der Waals surface area contributed by atoms with Crippen molar-refractivity contribution >= 4 is 22.8 Å². The summed E-state index contributed by atoms with van der Waals surface area (Å²) in [6, 6.07) is 3.11. The van der Waals surface area contributed by atoms with Gasteiger partial charge in [0.15, 0.2) is 0 Å². The van der Waals surface area contributed by atoms with Crippen LogP contribution in [-0.4, -0.2) is 22.8 Å². The predicted octanol–water partition coefficient (Wildman–Crippen LogP) is 1.57. The van der Waals surface area contributed by atoms with Gasteiger partial charge in [-0.3, -0.25) is 14.6 Å². The van der Waals surface area contributed by atoms with Crippen molar-refractivity contribution in [3.63, 3.8) is 0 Å². The molecule has 1 heterocycles. The molecule has 0 atom stereocenters. The van der Waals surface area contributed by atoms with E-state index in [0.717, 1.165) is 0 Å². The monoisotopic (exact) mass is 227 g/mol. The molecule has 0 fully saturated rings. The lowest BCUT2D eigenvalue weighted by molar-refractivity contribution is -0.142. The molecular weight excluding hydrogens is 218 g/mol. The third-order valence-corrected chi connectivity index (χ3v) is 1.92. The quantitative estimate of drug-likeness (QED) is 0.579. The molecule has 5 heteroatoms. The third-order valence-electron chi connectivity index (χ3n) is 1.72. The van der Waals surface area contributed by atoms with Crippen molar-refractivity contribution in [3.8, 4) is 0 Å². The molecule has 15 heavy (non-hydrogen) atoms. The Kier molecular flexibility index (Phi) is 4.24. The highest BCUT2D eigenvalue weighted by Gasteiger charge is 2.13. The average molecular weight is 228 g/mol. The van der Waals surface area contributed by atoms with E-state index in [1.54, 1.807) is 13.0 Å². The SMILES string of the molecule is CCOC(=O)Cc1ncccc1C(=O)Cl. The van der Waals surface area contributed by atoms with Gasteiger partial charge in [0.1, 0.15) is 0 Å². The first-order valence-corrected chi connectivity index (χ1v) is 4.82. The number of aromatic nitrogens is 1. The molecule has 0 bridgehead atoms. The van der Waals surface area contributed by atoms with Crippen molar-refractivity contribution in [3.05, 3.63) is 29.6 Å². The van der Waals surface area contributed by atoms with Gasteiger partial charge in [-0.2, -0.15) is 0 Å². The van der Waals surface area contributed by atoms with Crippen LogP contribution >= 0.6 is 11.6 Å². The smallest absolute Gasteiger partial charge is 0.311 e. The van der Waals surface area contributed by atoms with Gasteiger partial charge in [0, 0.05) is 6.20 Å². The lowest BCUT2D eigenvalue weighted by Crippen LogP contribution is -2.11. The molecule has 0 saturated heterocycles. The minimum atomic E-state index is -0.623. The van der Waals surface area contributed by atoms with Gasteiger partial charge in [-0.05, 0) is 30.7 Å². The maximum absolute atomic E-state index is 11.2. The molecule has 0 saturated carbocycles. The molecule has 0 spiro atoms. The molecule has 80 valence electrons. The lowest BCUT2D eigenvalue weighted by Gasteiger charge is -2.04. The van der Waals surface area contributed by atoms with E-state index in [4.69, 9.17) is 16.3 Å². The summed E-state index contributed by atoms with van der Waals surface area (Å²) in [5.74, 6) is -0.421. The van der Waals surface area contributed by atoms with E-state index >= 15 is 0 Å². The molecule has 0 aliphatic rings. The zero-order chi connectivity index (χ0) is 11.3. The van der Waals surface area contributed by atoms with E-state index in [1.807, 2.05) is 0 Å². The normalized spacial score (nSPS) is 9.73. The maximum Gasteiger partial charge on any atom is 0.311 e. The molecule has 0 unspecified atom stereocenters. The zero-order valence-electron chi connectivity index (χ0n) is 8.20. The number of halogens is 1. The highest BCUT2D eigenvalue weighted by atomic mass is 35.5. The van der Waals surface area contributed by atoms with Crippen LogP contribution in [0.4, 0.5) is 0 Å². The standard InChI is InChI=1S/C10H10ClNO3/c1-2-15-9(13)6-8-7(10(11)14)4-3-5-12-8/h3-5H,2,6H2,1H3. The Morgan fingerprint density at radius 1 is 1.53 bits per heavy atom. The summed E-state index contributed by atoms with van der Waals surface area (Å²) >= 11 is 5.34. The van der Waals surface area contributed by atoms with Crippen LogP contribution in [0.3, 0.4) is 0 Å². The first-order valence-electron chi connectivity index (χ1n) is 4.44. The third kappa shape index (κ3) is 3.32. The van der Waals surface area contributed by atoms with Gasteiger partial charge in [0.2, 0.25) is 0 Å². The Morgan fingerprint density at radius 3 is 2.87 bits per heavy atom. The van der Waals surface area contributed by atoms with Gasteiger partial charge in [-0.1, -0.05) is 0 Å². The van der Waals surface area contributed by atoms with Gasteiger partial charge in [-0.25, -0.2) is 0 Å². The predicted molar refractivity (Wildman–Crippen MR) is 54.8 cm³/mol. The fourth-order valence-electron chi connectivity index (χ4n) is 1.11. The van der Waals surface area contributed by atoms with E-state index in [9.17, 15) is 9.59 Å². The Hall–Kier alpha value is -1.42. The fraction of sp³-hybridized carbons (Fsp3) is 0.300. The molecule has 1 aromatic rings. The molecule has 4 nitrogen and oxygen atoms in total. The number of carbonyl (C=O) groups is 2. The Bertz CT molecular complexity index is 379. The lowest BCUT2D eigenvalue weighted by atomic mass is 10.1. The number of rotatable bonds is 4. The van der Waals surface area contributed by atoms with Crippen molar-refractivity contribution in [1.29, 1.82) is 0 Å². The van der Waals surface area contributed by atoms with E-state index in [0.29, 0.717) is 12.3 Å². The average Bonchev–Trinajstić information content (AvgIpc) is 2.18. The van der Waals surface area contributed by atoms with Crippen molar-refractivity contribution in [2.45, 2.75) is 13.3 Å². The minimum absolute atomic E-state index is 0.0392. The van der Waals surface area contributed by atoms with Crippen molar-refractivity contribution in [2.75, 3.05) is 6.61 Å². The van der Waals surface area contributed by atoms with Crippen molar-refractivity contribution in [1.82, 2.24) is 4.98 Å². The fourth-order valence-corrected chi connectivity index (χ4v) is 1.28. The Labute approximate surface area is 92.2 Å². The molecule has 1 rings (SSSR count). The molecule has 0 N–H and O–H groups in total. The summed E-state index contributed by atoms with van der Waals surface area (Å²) in [7, 11) is 0. The second kappa shape index (κ2) is 5.46. The molecule has 0 radical (unpaired) electrons. The van der Waals surface area contributed by atoms with Gasteiger partial charge < -0.3 is 4.74 Å². The number of hydrogen-bond acceptors (Lipinski definition) is 4. The summed E-state index contributed by atoms with van der Waals surface area (Å²) < 4.78 is 4.75. The van der Waals surface area contributed by atoms with Crippen LogP contribution in [0, 0.1) is 0 Å². The van der Waals surface area contributed by atoms with Gasteiger partial charge in [0.05, 0.1) is 24.3 Å². The first kappa shape index (κ1) is 11.7. The molecule has 0 aliphatic heterocycles. The Balaban J connectivity index is 2.84. The minimum Gasteiger partial charge on any atom is -0.466 e. The van der Waals surface area contributed by atoms with Crippen molar-refractivity contribution in [2.24, 2.45) is 0 Å². The Morgan fingerprint density at radius 2 is 2.27 bits per heavy atom. The molecule has 0 amide bonds. The molecular formula is C10H10ClNO3. The number of esters is 1. The van der Waals surface area contributed by atoms with Crippen LogP contribution in [-0.2, 0) is 16.0 Å². The van der Waals surface area contributed by atoms with Crippen LogP contribution in [0.2, 0.25) is 0 Å². The van der Waals surface area contributed by atoms with Crippen LogP contribution in [0.25, 0.3) is 0 Å². The number of hydrogen-bond donors (Lipinski definition) is 0. The van der Waals surface area contributed by atoms with Crippen LogP contribution < -0.4 is 0 Å². The largest absolute Gasteiger partial charge is 0.466 e. The molecule has 1 aromatic heterocycles. The van der Waals surface area contributed by atoms with E-state index in [-0.39, 0.29) is 12.0 Å². The number of pyridine rings is 1. The first-order chi connectivity index (χ1) is 7.15. The number of carbonyl (C=O) groups excluding carboxylic acids is 2. The maximum atomic E-state index is 11.2. The molecule has 0 aromatic carbocycles. The summed E-state index contributed by atoms with van der Waals surface area (Å²) in [5, 5.41) is -0.623. The summed E-state index contributed by atoms with van der Waals surface area (Å²) in [6.45, 7) is 2.01. The van der Waals surface area contributed by atoms with E-state index in [2.05, 4.69) is 4.98 Å². The zero-order valence-corrected chi connectivity index (χ0v) is 8.95. The van der Waals surface area contributed by atoms with Crippen LogP contribution in [0.1, 0.15) is 23.0 Å². The summed E-state index contributed by atoms with van der Waals surface area (Å²) in [5.41, 5.74) is 0.586. The highest BCUT2D eigenvalue weighted by molar-refractivity contribution is 6.67. The van der Waals surface area contributed by atoms with Gasteiger partial charge in [-0.15, -0.1) is 0 Å². The molecule has 0 aliphatic carbocycles.